The van der Waals surface area contributed by atoms with Gasteiger partial charge in [-0.25, -0.2) is 0 Å². The van der Waals surface area contributed by atoms with E-state index in [1.807, 2.05) is 20.9 Å². The summed E-state index contributed by atoms with van der Waals surface area (Å²) in [6, 6.07) is 0. The van der Waals surface area contributed by atoms with E-state index in [0.29, 0.717) is 45.5 Å². The molecule has 0 fully saturated rings. The van der Waals surface area contributed by atoms with Crippen LogP contribution in [0.4, 0.5) is 0 Å². The summed E-state index contributed by atoms with van der Waals surface area (Å²) in [6.45, 7) is 22.1. The molecule has 0 saturated heterocycles. The van der Waals surface area contributed by atoms with Gasteiger partial charge in [0.15, 0.2) is 0 Å². The van der Waals surface area contributed by atoms with Crippen LogP contribution >= 0.6 is 0 Å². The number of ether oxygens (including phenoxy) is 6. The molecule has 0 aromatic heterocycles. The largest absolute Gasteiger partial charge is 0.465 e. The summed E-state index contributed by atoms with van der Waals surface area (Å²) in [4.78, 5) is 19.3. The van der Waals surface area contributed by atoms with Crippen molar-refractivity contribution in [2.45, 2.75) is 79.2 Å². The first-order valence-corrected chi connectivity index (χ1v) is 16.8. The Bertz CT molecular complexity index is 631. The molecule has 0 heterocycles. The van der Waals surface area contributed by atoms with Crippen LogP contribution in [0.2, 0.25) is 0 Å². The lowest BCUT2D eigenvalue weighted by Gasteiger charge is -2.29. The monoisotopic (exact) mass is 620 g/mol. The summed E-state index contributed by atoms with van der Waals surface area (Å²) in [5.74, 6) is -0.184. The van der Waals surface area contributed by atoms with Crippen LogP contribution in [0.15, 0.2) is 0 Å². The highest BCUT2D eigenvalue weighted by Crippen LogP contribution is 2.19. The molecule has 43 heavy (non-hydrogen) atoms. The van der Waals surface area contributed by atoms with Gasteiger partial charge in [0.1, 0.15) is 6.61 Å². The van der Waals surface area contributed by atoms with Gasteiger partial charge in [-0.05, 0) is 74.0 Å². The lowest BCUT2D eigenvalue weighted by Crippen LogP contribution is -2.37. The van der Waals surface area contributed by atoms with Crippen molar-refractivity contribution < 1.29 is 33.2 Å². The Morgan fingerprint density at radius 3 is 1.63 bits per heavy atom. The van der Waals surface area contributed by atoms with Crippen LogP contribution in [-0.2, 0) is 33.2 Å². The van der Waals surface area contributed by atoms with Crippen LogP contribution in [0.1, 0.15) is 73.1 Å². The Labute approximate surface area is 265 Å². The Kier molecular flexibility index (Phi) is 28.0. The quantitative estimate of drug-likeness (QED) is 0.0807. The highest BCUT2D eigenvalue weighted by atomic mass is 16.5. The summed E-state index contributed by atoms with van der Waals surface area (Å²) in [7, 11) is 6.27. The zero-order valence-electron chi connectivity index (χ0n) is 29.3. The van der Waals surface area contributed by atoms with E-state index in [2.05, 4.69) is 49.6 Å². The van der Waals surface area contributed by atoms with E-state index in [1.54, 1.807) is 0 Å². The minimum Gasteiger partial charge on any atom is -0.465 e. The summed E-state index contributed by atoms with van der Waals surface area (Å²) in [6.07, 6.45) is 5.63. The second kappa shape index (κ2) is 28.6. The van der Waals surface area contributed by atoms with Gasteiger partial charge in [-0.15, -0.1) is 0 Å². The molecular formula is C33H69N3O7. The molecule has 10 nitrogen and oxygen atoms in total. The highest BCUT2D eigenvalue weighted by molar-refractivity contribution is 5.69. The summed E-state index contributed by atoms with van der Waals surface area (Å²) < 4.78 is 34.5. The minimum absolute atomic E-state index is 0.184. The fourth-order valence-electron chi connectivity index (χ4n) is 4.26. The van der Waals surface area contributed by atoms with E-state index in [-0.39, 0.29) is 12.6 Å². The zero-order valence-corrected chi connectivity index (χ0v) is 29.3. The van der Waals surface area contributed by atoms with E-state index >= 15 is 0 Å². The number of hydrogen-bond acceptors (Lipinski definition) is 10. The Hall–Kier alpha value is -0.850. The topological polar surface area (TPSA) is 82.2 Å². The average molecular weight is 620 g/mol. The first-order chi connectivity index (χ1) is 20.7. The molecule has 0 rings (SSSR count). The van der Waals surface area contributed by atoms with Gasteiger partial charge in [0.05, 0.1) is 32.3 Å². The molecule has 10 heteroatoms. The van der Waals surface area contributed by atoms with Crippen molar-refractivity contribution >= 4 is 5.97 Å². The third-order valence-corrected chi connectivity index (χ3v) is 7.35. The van der Waals surface area contributed by atoms with Gasteiger partial charge < -0.3 is 43.1 Å². The predicted octanol–water partition coefficient (Wildman–Crippen LogP) is 4.20. The number of likely N-dealkylation sites (N-methyl/N-ethyl adjacent to an activating group) is 1. The van der Waals surface area contributed by atoms with Crippen molar-refractivity contribution in [3.63, 3.8) is 0 Å². The molecule has 0 aliphatic rings. The normalized spacial score (nSPS) is 14.1. The summed E-state index contributed by atoms with van der Waals surface area (Å²) in [5.41, 5.74) is -0.411. The maximum atomic E-state index is 12.6. The van der Waals surface area contributed by atoms with Gasteiger partial charge in [0.25, 0.3) is 0 Å². The number of carbonyl (C=O) groups excluding carboxylic acids is 1. The van der Waals surface area contributed by atoms with Gasteiger partial charge in [0, 0.05) is 84.3 Å². The molecule has 0 spiro atoms. The molecule has 258 valence electrons. The van der Waals surface area contributed by atoms with E-state index in [4.69, 9.17) is 28.4 Å². The van der Waals surface area contributed by atoms with Crippen molar-refractivity contribution in [3.8, 4) is 0 Å². The summed E-state index contributed by atoms with van der Waals surface area (Å²) in [5, 5.41) is 0. The third-order valence-electron chi connectivity index (χ3n) is 7.35. The molecule has 0 bridgehead atoms. The van der Waals surface area contributed by atoms with E-state index in [1.165, 1.54) is 0 Å². The smallest absolute Gasteiger partial charge is 0.307 e. The van der Waals surface area contributed by atoms with Crippen LogP contribution in [-0.4, -0.2) is 153 Å². The van der Waals surface area contributed by atoms with Gasteiger partial charge >= 0.3 is 5.97 Å². The third kappa shape index (κ3) is 27.2. The van der Waals surface area contributed by atoms with Gasteiger partial charge in [-0.1, -0.05) is 13.8 Å². The standard InChI is InChI=1S/C33H69N3O7/c1-9-31(4)42-26-15-20-35(7)21-16-32(37)43-30-33(5,29-41-27-22-36(8)19-13-24-39-11-3)28-40-25-14-18-34(6)17-12-23-38-10-2/h31H,9-30H2,1-8H3. The van der Waals surface area contributed by atoms with Crippen LogP contribution in [0.25, 0.3) is 0 Å². The molecular weight excluding hydrogens is 550 g/mol. The van der Waals surface area contributed by atoms with Crippen LogP contribution in [0, 0.1) is 5.41 Å². The second-order valence-corrected chi connectivity index (χ2v) is 12.1. The Morgan fingerprint density at radius 1 is 0.628 bits per heavy atom. The molecule has 0 radical (unpaired) electrons. The van der Waals surface area contributed by atoms with Crippen molar-refractivity contribution in [1.29, 1.82) is 0 Å². The first-order valence-electron chi connectivity index (χ1n) is 16.8. The van der Waals surface area contributed by atoms with Crippen molar-refractivity contribution in [3.05, 3.63) is 0 Å². The molecule has 2 unspecified atom stereocenters. The lowest BCUT2D eigenvalue weighted by molar-refractivity contribution is -0.151. The number of rotatable bonds is 32. The molecule has 0 N–H and O–H groups in total. The molecule has 0 aliphatic heterocycles. The van der Waals surface area contributed by atoms with Crippen molar-refractivity contribution in [2.75, 3.05) is 126 Å². The van der Waals surface area contributed by atoms with Gasteiger partial charge in [0.2, 0.25) is 0 Å². The van der Waals surface area contributed by atoms with Crippen molar-refractivity contribution in [2.24, 2.45) is 5.41 Å². The molecule has 0 amide bonds. The fourth-order valence-corrected chi connectivity index (χ4v) is 4.26. The number of nitrogens with zero attached hydrogens (tertiary/aromatic N) is 3. The second-order valence-electron chi connectivity index (χ2n) is 12.1. The molecule has 0 aliphatic carbocycles. The average Bonchev–Trinajstić information content (AvgIpc) is 2.99. The molecule has 0 saturated carbocycles. The maximum Gasteiger partial charge on any atom is 0.307 e. The minimum atomic E-state index is -0.411. The maximum absolute atomic E-state index is 12.6. The predicted molar refractivity (Wildman–Crippen MR) is 175 cm³/mol. The van der Waals surface area contributed by atoms with E-state index < -0.39 is 5.41 Å². The number of carbonyl (C=O) groups is 1. The van der Waals surface area contributed by atoms with Crippen LogP contribution < -0.4 is 0 Å². The Balaban J connectivity index is 4.54. The Morgan fingerprint density at radius 2 is 1.09 bits per heavy atom. The molecule has 2 atom stereocenters. The summed E-state index contributed by atoms with van der Waals surface area (Å²) >= 11 is 0. The van der Waals surface area contributed by atoms with E-state index in [9.17, 15) is 4.79 Å². The van der Waals surface area contributed by atoms with E-state index in [0.717, 1.165) is 97.9 Å². The molecule has 0 aromatic carbocycles. The van der Waals surface area contributed by atoms with Crippen LogP contribution in [0.5, 0.6) is 0 Å². The fraction of sp³-hybridized carbons (Fsp3) is 0.970. The van der Waals surface area contributed by atoms with Crippen LogP contribution in [0.3, 0.4) is 0 Å². The van der Waals surface area contributed by atoms with Crippen molar-refractivity contribution in [1.82, 2.24) is 14.7 Å². The van der Waals surface area contributed by atoms with Gasteiger partial charge in [-0.2, -0.15) is 0 Å². The molecule has 0 aromatic rings. The van der Waals surface area contributed by atoms with Gasteiger partial charge in [-0.3, -0.25) is 4.79 Å². The lowest BCUT2D eigenvalue weighted by atomic mass is 9.94. The zero-order chi connectivity index (χ0) is 32.2. The first kappa shape index (κ1) is 42.1. The number of hydrogen-bond donors (Lipinski definition) is 0. The number of esters is 1. The highest BCUT2D eigenvalue weighted by Gasteiger charge is 2.28. The SMILES string of the molecule is CCOCCCN(C)CCCOCC(C)(COCCN(C)CCCOCC)COC(=O)CCN(C)CCCOC(C)CC.